The summed E-state index contributed by atoms with van der Waals surface area (Å²) in [5.41, 5.74) is 4.55. The summed E-state index contributed by atoms with van der Waals surface area (Å²) in [5.74, 6) is 0. The molecule has 0 unspecified atom stereocenters. The van der Waals surface area contributed by atoms with E-state index in [4.69, 9.17) is 10.5 Å². The van der Waals surface area contributed by atoms with Crippen molar-refractivity contribution in [1.29, 1.82) is 0 Å². The zero-order valence-corrected chi connectivity index (χ0v) is 11.9. The van der Waals surface area contributed by atoms with E-state index in [1.165, 1.54) is 17.5 Å². The largest absolute Gasteiger partial charge is 0.443 e. The number of carbonyl (C=O) groups is 1. The third-order valence-electron chi connectivity index (χ3n) is 2.43. The van der Waals surface area contributed by atoms with Crippen LogP contribution in [0.2, 0.25) is 0 Å². The fourth-order valence-corrected chi connectivity index (χ4v) is 2.57. The second kappa shape index (κ2) is 4.79. The number of rotatable bonds is 1. The second-order valence-electron chi connectivity index (χ2n) is 5.17. The number of pyridine rings is 1. The van der Waals surface area contributed by atoms with E-state index >= 15 is 0 Å². The number of ether oxygens (including phenoxy) is 1. The molecule has 5 nitrogen and oxygen atoms in total. The quantitative estimate of drug-likeness (QED) is 0.869. The van der Waals surface area contributed by atoms with Crippen molar-refractivity contribution < 1.29 is 9.53 Å². The molecule has 0 radical (unpaired) electrons. The van der Waals surface area contributed by atoms with E-state index in [1.54, 1.807) is 32.9 Å². The van der Waals surface area contributed by atoms with Crippen LogP contribution in [-0.2, 0) is 11.3 Å². The Kier molecular flexibility index (Phi) is 3.47. The van der Waals surface area contributed by atoms with Crippen LogP contribution in [0.5, 0.6) is 0 Å². The third kappa shape index (κ3) is 2.85. The van der Waals surface area contributed by atoms with Crippen molar-refractivity contribution in [3.63, 3.8) is 0 Å². The van der Waals surface area contributed by atoms with Crippen LogP contribution in [0.25, 0.3) is 10.1 Å². The molecule has 0 atom stereocenters. The Morgan fingerprint density at radius 3 is 2.74 bits per heavy atom. The van der Waals surface area contributed by atoms with E-state index in [-0.39, 0.29) is 5.56 Å². The minimum absolute atomic E-state index is 0.372. The second-order valence-corrected chi connectivity index (χ2v) is 6.33. The maximum atomic E-state index is 12.2. The first-order valence-electron chi connectivity index (χ1n) is 5.89. The van der Waals surface area contributed by atoms with Crippen molar-refractivity contribution >= 4 is 27.5 Å². The van der Waals surface area contributed by atoms with Gasteiger partial charge in [-0.2, -0.15) is 0 Å². The van der Waals surface area contributed by atoms with E-state index in [2.05, 4.69) is 0 Å². The van der Waals surface area contributed by atoms with Gasteiger partial charge in [-0.25, -0.2) is 9.36 Å². The lowest BCUT2D eigenvalue weighted by Crippen LogP contribution is -2.33. The van der Waals surface area contributed by atoms with Gasteiger partial charge in [0.25, 0.3) is 5.56 Å². The number of fused-ring (bicyclic) bond motifs is 1. The van der Waals surface area contributed by atoms with E-state index in [0.717, 1.165) is 14.1 Å². The molecule has 0 bridgehead atoms. The molecule has 0 aromatic carbocycles. The van der Waals surface area contributed by atoms with Crippen LogP contribution < -0.4 is 11.3 Å². The highest BCUT2D eigenvalue weighted by Crippen LogP contribution is 2.22. The van der Waals surface area contributed by atoms with Crippen LogP contribution in [0.4, 0.5) is 4.79 Å². The molecular weight excluding hydrogens is 264 g/mol. The van der Waals surface area contributed by atoms with Gasteiger partial charge in [0, 0.05) is 22.3 Å². The van der Waals surface area contributed by atoms with Crippen LogP contribution in [0.15, 0.2) is 23.1 Å². The number of nitrogens with zero attached hydrogens (tertiary/aromatic N) is 1. The van der Waals surface area contributed by atoms with Gasteiger partial charge in [0.05, 0.1) is 5.39 Å². The SMILES string of the molecule is CC(C)(C)OC(=O)n1ccc2sc(CN)cc2c1=O. The maximum Gasteiger partial charge on any atom is 0.421 e. The molecule has 19 heavy (non-hydrogen) atoms. The topological polar surface area (TPSA) is 74.3 Å². The van der Waals surface area contributed by atoms with Gasteiger partial charge in [0.2, 0.25) is 0 Å². The lowest BCUT2D eigenvalue weighted by Gasteiger charge is -2.19. The summed E-state index contributed by atoms with van der Waals surface area (Å²) in [7, 11) is 0. The average Bonchev–Trinajstić information content (AvgIpc) is 2.71. The number of hydrogen-bond acceptors (Lipinski definition) is 5. The molecule has 2 rings (SSSR count). The molecule has 6 heteroatoms. The highest BCUT2D eigenvalue weighted by atomic mass is 32.1. The van der Waals surface area contributed by atoms with Crippen molar-refractivity contribution in [2.75, 3.05) is 0 Å². The highest BCUT2D eigenvalue weighted by molar-refractivity contribution is 7.19. The predicted molar refractivity (Wildman–Crippen MR) is 75.6 cm³/mol. The van der Waals surface area contributed by atoms with Crippen molar-refractivity contribution in [2.24, 2.45) is 5.73 Å². The number of hydrogen-bond donors (Lipinski definition) is 1. The molecule has 102 valence electrons. The number of aromatic nitrogens is 1. The average molecular weight is 280 g/mol. The standard InChI is InChI=1S/C13H16N2O3S/c1-13(2,3)18-12(17)15-5-4-10-9(11(15)16)6-8(7-14)19-10/h4-6H,7,14H2,1-3H3. The first kappa shape index (κ1) is 13.8. The fraction of sp³-hybridized carbons (Fsp3) is 0.385. The van der Waals surface area contributed by atoms with Crippen LogP contribution >= 0.6 is 11.3 Å². The molecule has 0 amide bonds. The fourth-order valence-electron chi connectivity index (χ4n) is 1.64. The van der Waals surface area contributed by atoms with Gasteiger partial charge in [-0.3, -0.25) is 4.79 Å². The summed E-state index contributed by atoms with van der Waals surface area (Å²) >= 11 is 1.45. The molecule has 0 saturated carbocycles. The number of nitrogens with two attached hydrogens (primary N) is 1. The Morgan fingerprint density at radius 1 is 1.47 bits per heavy atom. The minimum Gasteiger partial charge on any atom is -0.443 e. The summed E-state index contributed by atoms with van der Waals surface area (Å²) in [6.07, 6.45) is 0.773. The third-order valence-corrected chi connectivity index (χ3v) is 3.55. The Morgan fingerprint density at radius 2 is 2.16 bits per heavy atom. The van der Waals surface area contributed by atoms with E-state index in [0.29, 0.717) is 11.9 Å². The number of carbonyl (C=O) groups excluding carboxylic acids is 1. The van der Waals surface area contributed by atoms with Gasteiger partial charge in [-0.15, -0.1) is 11.3 Å². The van der Waals surface area contributed by atoms with Crippen molar-refractivity contribution in [3.8, 4) is 0 Å². The Labute approximate surface area is 114 Å². The van der Waals surface area contributed by atoms with Gasteiger partial charge in [-0.05, 0) is 32.9 Å². The summed E-state index contributed by atoms with van der Waals surface area (Å²) < 4.78 is 7.00. The normalized spacial score (nSPS) is 11.8. The lowest BCUT2D eigenvalue weighted by molar-refractivity contribution is 0.0531. The predicted octanol–water partition coefficient (Wildman–Crippen LogP) is 2.30. The van der Waals surface area contributed by atoms with Gasteiger partial charge < -0.3 is 10.5 Å². The molecule has 0 aliphatic rings. The molecular formula is C13H16N2O3S. The van der Waals surface area contributed by atoms with Crippen molar-refractivity contribution in [1.82, 2.24) is 4.57 Å². The van der Waals surface area contributed by atoms with Gasteiger partial charge >= 0.3 is 6.09 Å². The van der Waals surface area contributed by atoms with Gasteiger partial charge in [0.1, 0.15) is 5.60 Å². The molecule has 2 heterocycles. The smallest absolute Gasteiger partial charge is 0.421 e. The Bertz CT molecular complexity index is 679. The Hall–Kier alpha value is -1.66. The van der Waals surface area contributed by atoms with Crippen LogP contribution in [0.3, 0.4) is 0 Å². The van der Waals surface area contributed by atoms with E-state index in [9.17, 15) is 9.59 Å². The first-order chi connectivity index (χ1) is 8.81. The Balaban J connectivity index is 2.48. The molecule has 2 aromatic rings. The molecule has 0 spiro atoms. The zero-order valence-electron chi connectivity index (χ0n) is 11.1. The highest BCUT2D eigenvalue weighted by Gasteiger charge is 2.19. The summed E-state index contributed by atoms with van der Waals surface area (Å²) in [4.78, 5) is 25.0. The monoisotopic (exact) mass is 280 g/mol. The molecule has 0 aliphatic carbocycles. The first-order valence-corrected chi connectivity index (χ1v) is 6.71. The van der Waals surface area contributed by atoms with Gasteiger partial charge in [0.15, 0.2) is 0 Å². The lowest BCUT2D eigenvalue weighted by atomic mass is 10.2. The molecule has 0 aliphatic heterocycles. The zero-order chi connectivity index (χ0) is 14.2. The van der Waals surface area contributed by atoms with E-state index < -0.39 is 11.7 Å². The molecule has 2 aromatic heterocycles. The minimum atomic E-state index is -0.667. The summed E-state index contributed by atoms with van der Waals surface area (Å²) in [6, 6.07) is 3.45. The number of thiophene rings is 1. The van der Waals surface area contributed by atoms with Crippen LogP contribution in [0, 0.1) is 0 Å². The van der Waals surface area contributed by atoms with Crippen molar-refractivity contribution in [3.05, 3.63) is 33.6 Å². The summed E-state index contributed by atoms with van der Waals surface area (Å²) in [6.45, 7) is 5.65. The van der Waals surface area contributed by atoms with Crippen molar-refractivity contribution in [2.45, 2.75) is 32.9 Å². The molecule has 0 fully saturated rings. The molecule has 2 N–H and O–H groups in total. The van der Waals surface area contributed by atoms with Crippen LogP contribution in [-0.4, -0.2) is 16.3 Å². The van der Waals surface area contributed by atoms with Crippen LogP contribution in [0.1, 0.15) is 25.6 Å². The maximum absolute atomic E-state index is 12.2. The van der Waals surface area contributed by atoms with Gasteiger partial charge in [-0.1, -0.05) is 0 Å². The summed E-state index contributed by atoms with van der Waals surface area (Å²) in [5, 5.41) is 0.499. The van der Waals surface area contributed by atoms with E-state index in [1.807, 2.05) is 0 Å². The molecule has 0 saturated heterocycles.